The van der Waals surface area contributed by atoms with Crippen molar-refractivity contribution >= 4 is 15.9 Å². The number of hydrogen-bond acceptors (Lipinski definition) is 1. The molecule has 0 N–H and O–H groups in total. The normalized spacial score (nSPS) is 26.9. The van der Waals surface area contributed by atoms with E-state index in [1.807, 2.05) is 6.07 Å². The van der Waals surface area contributed by atoms with Gasteiger partial charge in [-0.1, -0.05) is 35.3 Å². The molecule has 1 aliphatic carbocycles. The molecule has 3 heteroatoms. The van der Waals surface area contributed by atoms with Crippen LogP contribution in [0.3, 0.4) is 0 Å². The van der Waals surface area contributed by atoms with E-state index in [0.29, 0.717) is 12.0 Å². The zero-order chi connectivity index (χ0) is 13.9. The minimum atomic E-state index is -0.361. The number of halogens is 2. The fraction of sp³-hybridized carbons (Fsp3) is 0.562. The van der Waals surface area contributed by atoms with Crippen molar-refractivity contribution < 1.29 is 4.39 Å². The van der Waals surface area contributed by atoms with Crippen LogP contribution in [0.1, 0.15) is 44.6 Å². The summed E-state index contributed by atoms with van der Waals surface area (Å²) in [4.78, 5) is 0. The Hall–Kier alpha value is -0.880. The molecule has 1 aliphatic rings. The molecule has 0 saturated heterocycles. The Morgan fingerprint density at radius 2 is 2.11 bits per heavy atom. The second-order valence-corrected chi connectivity index (χ2v) is 6.57. The van der Waals surface area contributed by atoms with Crippen molar-refractivity contribution in [3.63, 3.8) is 0 Å². The molecule has 2 rings (SSSR count). The van der Waals surface area contributed by atoms with Crippen molar-refractivity contribution in [3.05, 3.63) is 34.1 Å². The van der Waals surface area contributed by atoms with Crippen LogP contribution < -0.4 is 0 Å². The largest absolute Gasteiger partial charge is 0.207 e. The lowest BCUT2D eigenvalue weighted by Crippen LogP contribution is -2.28. The molecule has 1 nitrogen and oxygen atoms in total. The maximum absolute atomic E-state index is 13.9. The molecular weight excluding hydrogens is 305 g/mol. The van der Waals surface area contributed by atoms with Crippen LogP contribution in [0.4, 0.5) is 4.39 Å². The first-order chi connectivity index (χ1) is 9.08. The number of nitrogens with zero attached hydrogens (tertiary/aromatic N) is 1. The van der Waals surface area contributed by atoms with Gasteiger partial charge in [-0.05, 0) is 55.7 Å². The Morgan fingerprint density at radius 3 is 2.63 bits per heavy atom. The van der Waals surface area contributed by atoms with Gasteiger partial charge in [-0.2, -0.15) is 5.26 Å². The number of nitriles is 1. The van der Waals surface area contributed by atoms with E-state index in [4.69, 9.17) is 0 Å². The lowest BCUT2D eigenvalue weighted by Gasteiger charge is -2.34. The van der Waals surface area contributed by atoms with Gasteiger partial charge in [0, 0.05) is 4.47 Å². The van der Waals surface area contributed by atoms with Crippen molar-refractivity contribution in [3.8, 4) is 6.07 Å². The van der Waals surface area contributed by atoms with Crippen LogP contribution in [0.2, 0.25) is 0 Å². The van der Waals surface area contributed by atoms with Gasteiger partial charge in [-0.25, -0.2) is 4.39 Å². The van der Waals surface area contributed by atoms with E-state index in [1.165, 1.54) is 12.5 Å². The van der Waals surface area contributed by atoms with Gasteiger partial charge in [0.25, 0.3) is 0 Å². The molecule has 0 unspecified atom stereocenters. The lowest BCUT2D eigenvalue weighted by atomic mass is 9.68. The molecule has 0 heterocycles. The molecule has 1 aromatic rings. The van der Waals surface area contributed by atoms with Crippen molar-refractivity contribution in [2.75, 3.05) is 0 Å². The Labute approximate surface area is 123 Å². The first kappa shape index (κ1) is 14.5. The first-order valence-electron chi connectivity index (χ1n) is 6.94. The van der Waals surface area contributed by atoms with Gasteiger partial charge >= 0.3 is 0 Å². The van der Waals surface area contributed by atoms with E-state index in [0.717, 1.165) is 36.1 Å². The minimum absolute atomic E-state index is 0.207. The van der Waals surface area contributed by atoms with Gasteiger partial charge in [0.05, 0.1) is 11.5 Å². The summed E-state index contributed by atoms with van der Waals surface area (Å²) in [5, 5.41) is 9.53. The zero-order valence-electron chi connectivity index (χ0n) is 11.3. The minimum Gasteiger partial charge on any atom is -0.207 e. The highest BCUT2D eigenvalue weighted by molar-refractivity contribution is 9.10. The molecule has 0 spiro atoms. The number of rotatable bonds is 3. The Kier molecular flexibility index (Phi) is 4.62. The van der Waals surface area contributed by atoms with Crippen LogP contribution in [0.25, 0.3) is 0 Å². The van der Waals surface area contributed by atoms with Gasteiger partial charge in [0.15, 0.2) is 0 Å². The summed E-state index contributed by atoms with van der Waals surface area (Å²) in [5.41, 5.74) is 0.306. The second kappa shape index (κ2) is 6.05. The standard InChI is InChI=1S/C16H19BrFN/c1-2-12-5-7-16(11-19,8-6-12)10-13-3-4-14(17)9-15(13)18/h3-4,9,12H,2,5-8,10H2,1H3. The molecule has 1 aromatic carbocycles. The Morgan fingerprint density at radius 1 is 1.42 bits per heavy atom. The van der Waals surface area contributed by atoms with E-state index >= 15 is 0 Å². The van der Waals surface area contributed by atoms with Crippen LogP contribution in [0, 0.1) is 28.5 Å². The first-order valence-corrected chi connectivity index (χ1v) is 7.73. The van der Waals surface area contributed by atoms with Crippen molar-refractivity contribution in [2.24, 2.45) is 11.3 Å². The fourth-order valence-electron chi connectivity index (χ4n) is 3.00. The van der Waals surface area contributed by atoms with E-state index < -0.39 is 0 Å². The third kappa shape index (κ3) is 3.36. The van der Waals surface area contributed by atoms with Gasteiger partial charge < -0.3 is 0 Å². The second-order valence-electron chi connectivity index (χ2n) is 5.66. The topological polar surface area (TPSA) is 23.8 Å². The fourth-order valence-corrected chi connectivity index (χ4v) is 3.33. The number of benzene rings is 1. The van der Waals surface area contributed by atoms with Crippen LogP contribution in [-0.4, -0.2) is 0 Å². The molecule has 0 radical (unpaired) electrons. The van der Waals surface area contributed by atoms with E-state index in [9.17, 15) is 9.65 Å². The molecule has 19 heavy (non-hydrogen) atoms. The Balaban J connectivity index is 2.13. The van der Waals surface area contributed by atoms with Crippen LogP contribution in [-0.2, 0) is 6.42 Å². The van der Waals surface area contributed by atoms with Gasteiger partial charge in [0.1, 0.15) is 5.82 Å². The molecular formula is C16H19BrFN. The molecule has 0 bridgehead atoms. The van der Waals surface area contributed by atoms with Crippen molar-refractivity contribution in [2.45, 2.75) is 45.4 Å². The SMILES string of the molecule is CCC1CCC(C#N)(Cc2ccc(Br)cc2F)CC1. The van der Waals surface area contributed by atoms with E-state index in [-0.39, 0.29) is 11.2 Å². The van der Waals surface area contributed by atoms with Crippen LogP contribution in [0.15, 0.2) is 22.7 Å². The molecule has 0 atom stereocenters. The molecule has 0 amide bonds. The molecule has 1 fully saturated rings. The molecule has 0 aromatic heterocycles. The molecule has 102 valence electrons. The monoisotopic (exact) mass is 323 g/mol. The van der Waals surface area contributed by atoms with Crippen molar-refractivity contribution in [1.29, 1.82) is 5.26 Å². The van der Waals surface area contributed by atoms with E-state index in [1.54, 1.807) is 6.07 Å². The maximum atomic E-state index is 13.9. The lowest BCUT2D eigenvalue weighted by molar-refractivity contribution is 0.204. The predicted molar refractivity (Wildman–Crippen MR) is 78.1 cm³/mol. The highest BCUT2D eigenvalue weighted by Gasteiger charge is 2.35. The summed E-state index contributed by atoms with van der Waals surface area (Å²) in [7, 11) is 0. The summed E-state index contributed by atoms with van der Waals surface area (Å²) < 4.78 is 14.7. The van der Waals surface area contributed by atoms with Crippen molar-refractivity contribution in [1.82, 2.24) is 0 Å². The predicted octanol–water partition coefficient (Wildman–Crippen LogP) is 5.24. The molecule has 0 aliphatic heterocycles. The highest BCUT2D eigenvalue weighted by atomic mass is 79.9. The zero-order valence-corrected chi connectivity index (χ0v) is 12.8. The molecule has 1 saturated carbocycles. The van der Waals surface area contributed by atoms with Gasteiger partial charge in [-0.3, -0.25) is 0 Å². The smallest absolute Gasteiger partial charge is 0.127 e. The average molecular weight is 324 g/mol. The third-order valence-electron chi connectivity index (χ3n) is 4.42. The average Bonchev–Trinajstić information content (AvgIpc) is 2.43. The van der Waals surface area contributed by atoms with E-state index in [2.05, 4.69) is 28.9 Å². The van der Waals surface area contributed by atoms with Gasteiger partial charge in [0.2, 0.25) is 0 Å². The summed E-state index contributed by atoms with van der Waals surface area (Å²) in [6.07, 6.45) is 5.73. The van der Waals surface area contributed by atoms with Crippen LogP contribution >= 0.6 is 15.9 Å². The number of hydrogen-bond donors (Lipinski definition) is 0. The quantitative estimate of drug-likeness (QED) is 0.746. The highest BCUT2D eigenvalue weighted by Crippen LogP contribution is 2.42. The van der Waals surface area contributed by atoms with Gasteiger partial charge in [-0.15, -0.1) is 0 Å². The summed E-state index contributed by atoms with van der Waals surface area (Å²) in [5.74, 6) is 0.540. The van der Waals surface area contributed by atoms with Crippen LogP contribution in [0.5, 0.6) is 0 Å². The summed E-state index contributed by atoms with van der Waals surface area (Å²) in [6, 6.07) is 7.60. The third-order valence-corrected chi connectivity index (χ3v) is 4.91. The maximum Gasteiger partial charge on any atom is 0.127 e. The summed E-state index contributed by atoms with van der Waals surface area (Å²) in [6.45, 7) is 2.21. The Bertz CT molecular complexity index is 484. The summed E-state index contributed by atoms with van der Waals surface area (Å²) >= 11 is 3.26.